The number of halogens is 1. The van der Waals surface area contributed by atoms with Crippen molar-refractivity contribution in [1.29, 1.82) is 0 Å². The van der Waals surface area contributed by atoms with Crippen molar-refractivity contribution >= 4 is 29.2 Å². The number of urea groups is 1. The molecule has 2 rings (SSSR count). The van der Waals surface area contributed by atoms with E-state index in [1.165, 1.54) is 0 Å². The number of carbonyl (C=O) groups excluding carboxylic acids is 2. The van der Waals surface area contributed by atoms with Crippen molar-refractivity contribution in [3.63, 3.8) is 0 Å². The minimum atomic E-state index is -0.343. The lowest BCUT2D eigenvalue weighted by molar-refractivity contribution is 0.0931. The summed E-state index contributed by atoms with van der Waals surface area (Å²) in [5, 5.41) is 12.1. The van der Waals surface area contributed by atoms with Crippen molar-refractivity contribution in [3.05, 3.63) is 28.8 Å². The van der Waals surface area contributed by atoms with E-state index in [2.05, 4.69) is 21.3 Å². The van der Waals surface area contributed by atoms with Crippen molar-refractivity contribution in [2.75, 3.05) is 18.4 Å². The molecule has 3 amide bonds. The maximum Gasteiger partial charge on any atom is 0.319 e. The molecule has 0 unspecified atom stereocenters. The normalized spacial score (nSPS) is 17.9. The number of benzene rings is 1. The summed E-state index contributed by atoms with van der Waals surface area (Å²) in [4.78, 5) is 24.4. The molecular formula is C17H25ClN4O2. The third-order valence-corrected chi connectivity index (χ3v) is 3.92. The Bertz CT molecular complexity index is 607. The molecule has 1 aromatic carbocycles. The number of hydrogen-bond acceptors (Lipinski definition) is 3. The van der Waals surface area contributed by atoms with Crippen molar-refractivity contribution in [2.45, 2.75) is 45.2 Å². The van der Waals surface area contributed by atoms with Gasteiger partial charge in [0.05, 0.1) is 10.6 Å². The second-order valence-corrected chi connectivity index (χ2v) is 7.45. The van der Waals surface area contributed by atoms with E-state index in [9.17, 15) is 9.59 Å². The van der Waals surface area contributed by atoms with Gasteiger partial charge in [0, 0.05) is 23.8 Å². The standard InChI is InChI=1S/C17H25ClN4O2/c1-17(2,3)22-16(24)21-11-6-7-14(18)13(9-11)15(23)20-12-5-4-8-19-10-12/h6-7,9,12,19H,4-5,8,10H2,1-3H3,(H,20,23)(H2,21,22,24)/t12-/m0/s1. The Kier molecular flexibility index (Phi) is 6.07. The zero-order valence-corrected chi connectivity index (χ0v) is 15.1. The van der Waals surface area contributed by atoms with E-state index in [4.69, 9.17) is 11.6 Å². The topological polar surface area (TPSA) is 82.3 Å². The lowest BCUT2D eigenvalue weighted by Gasteiger charge is -2.24. The van der Waals surface area contributed by atoms with Gasteiger partial charge < -0.3 is 21.3 Å². The Balaban J connectivity index is 2.04. The molecule has 6 nitrogen and oxygen atoms in total. The highest BCUT2D eigenvalue weighted by Crippen LogP contribution is 2.21. The van der Waals surface area contributed by atoms with Crippen LogP contribution in [0.3, 0.4) is 0 Å². The van der Waals surface area contributed by atoms with Crippen LogP contribution in [0.5, 0.6) is 0 Å². The van der Waals surface area contributed by atoms with Crippen LogP contribution in [-0.4, -0.2) is 36.6 Å². The molecule has 1 saturated heterocycles. The second-order valence-electron chi connectivity index (χ2n) is 7.04. The highest BCUT2D eigenvalue weighted by Gasteiger charge is 2.19. The lowest BCUT2D eigenvalue weighted by Crippen LogP contribution is -2.45. The molecular weight excluding hydrogens is 328 g/mol. The molecule has 0 aromatic heterocycles. The fourth-order valence-electron chi connectivity index (χ4n) is 2.52. The van der Waals surface area contributed by atoms with Crippen LogP contribution in [0.15, 0.2) is 18.2 Å². The van der Waals surface area contributed by atoms with E-state index in [1.54, 1.807) is 18.2 Å². The molecule has 132 valence electrons. The van der Waals surface area contributed by atoms with E-state index in [1.807, 2.05) is 20.8 Å². The number of piperidine rings is 1. The maximum atomic E-state index is 12.4. The van der Waals surface area contributed by atoms with E-state index in [0.717, 1.165) is 25.9 Å². The predicted octanol–water partition coefficient (Wildman–Crippen LogP) is 2.74. The van der Waals surface area contributed by atoms with Crippen molar-refractivity contribution in [2.24, 2.45) is 0 Å². The molecule has 0 spiro atoms. The van der Waals surface area contributed by atoms with Gasteiger partial charge >= 0.3 is 6.03 Å². The molecule has 4 N–H and O–H groups in total. The summed E-state index contributed by atoms with van der Waals surface area (Å²) in [6.07, 6.45) is 1.98. The first-order valence-electron chi connectivity index (χ1n) is 8.15. The third-order valence-electron chi connectivity index (χ3n) is 3.59. The number of hydrogen-bond donors (Lipinski definition) is 4. The number of rotatable bonds is 3. The van der Waals surface area contributed by atoms with Crippen LogP contribution in [0.2, 0.25) is 5.02 Å². The molecule has 0 saturated carbocycles. The van der Waals surface area contributed by atoms with E-state index < -0.39 is 0 Å². The van der Waals surface area contributed by atoms with Crippen molar-refractivity contribution < 1.29 is 9.59 Å². The third kappa shape index (κ3) is 5.69. The predicted molar refractivity (Wildman–Crippen MR) is 96.7 cm³/mol. The quantitative estimate of drug-likeness (QED) is 0.675. The SMILES string of the molecule is CC(C)(C)NC(=O)Nc1ccc(Cl)c(C(=O)N[C@H]2CCCNC2)c1. The molecule has 1 aromatic rings. The smallest absolute Gasteiger partial charge is 0.319 e. The summed E-state index contributed by atoms with van der Waals surface area (Å²) >= 11 is 6.15. The first-order valence-corrected chi connectivity index (χ1v) is 8.53. The molecule has 1 aliphatic heterocycles. The van der Waals surface area contributed by atoms with Crippen LogP contribution in [0.4, 0.5) is 10.5 Å². The maximum absolute atomic E-state index is 12.4. The number of amides is 3. The van der Waals surface area contributed by atoms with Crippen LogP contribution in [0.1, 0.15) is 44.0 Å². The summed E-state index contributed by atoms with van der Waals surface area (Å²) in [5.41, 5.74) is 0.536. The fraction of sp³-hybridized carbons (Fsp3) is 0.529. The van der Waals surface area contributed by atoms with E-state index in [-0.39, 0.29) is 23.5 Å². The van der Waals surface area contributed by atoms with Crippen LogP contribution >= 0.6 is 11.6 Å². The molecule has 7 heteroatoms. The number of carbonyl (C=O) groups is 2. The Hall–Kier alpha value is -1.79. The Morgan fingerprint density at radius 1 is 1.29 bits per heavy atom. The minimum absolute atomic E-state index is 0.100. The monoisotopic (exact) mass is 352 g/mol. The minimum Gasteiger partial charge on any atom is -0.348 e. The van der Waals surface area contributed by atoms with Gasteiger partial charge in [-0.15, -0.1) is 0 Å². The zero-order chi connectivity index (χ0) is 17.7. The van der Waals surface area contributed by atoms with E-state index >= 15 is 0 Å². The summed E-state index contributed by atoms with van der Waals surface area (Å²) in [6.45, 7) is 7.42. The molecule has 0 bridgehead atoms. The Labute approximate surface area is 147 Å². The van der Waals surface area contributed by atoms with Gasteiger partial charge in [0.1, 0.15) is 0 Å². The molecule has 1 atom stereocenters. The fourth-order valence-corrected chi connectivity index (χ4v) is 2.72. The summed E-state index contributed by atoms with van der Waals surface area (Å²) < 4.78 is 0. The van der Waals surface area contributed by atoms with Crippen molar-refractivity contribution in [3.8, 4) is 0 Å². The first kappa shape index (κ1) is 18.5. The van der Waals surface area contributed by atoms with Gasteiger partial charge in [-0.25, -0.2) is 4.79 Å². The van der Waals surface area contributed by atoms with Gasteiger partial charge in [-0.3, -0.25) is 4.79 Å². The summed E-state index contributed by atoms with van der Waals surface area (Å²) in [7, 11) is 0. The average molecular weight is 353 g/mol. The van der Waals surface area contributed by atoms with Crippen LogP contribution in [0.25, 0.3) is 0 Å². The van der Waals surface area contributed by atoms with Gasteiger partial charge in [0.15, 0.2) is 0 Å². The second kappa shape index (κ2) is 7.85. The van der Waals surface area contributed by atoms with E-state index in [0.29, 0.717) is 16.3 Å². The Morgan fingerprint density at radius 2 is 2.04 bits per heavy atom. The van der Waals surface area contributed by atoms with Crippen LogP contribution < -0.4 is 21.3 Å². The highest BCUT2D eigenvalue weighted by atomic mass is 35.5. The van der Waals surface area contributed by atoms with Crippen LogP contribution in [-0.2, 0) is 0 Å². The average Bonchev–Trinajstić information content (AvgIpc) is 2.48. The van der Waals surface area contributed by atoms with Crippen LogP contribution in [0, 0.1) is 0 Å². The van der Waals surface area contributed by atoms with Gasteiger partial charge in [0.25, 0.3) is 5.91 Å². The first-order chi connectivity index (χ1) is 11.2. The summed E-state index contributed by atoms with van der Waals surface area (Å²) in [6, 6.07) is 4.65. The largest absolute Gasteiger partial charge is 0.348 e. The molecule has 24 heavy (non-hydrogen) atoms. The highest BCUT2D eigenvalue weighted by molar-refractivity contribution is 6.34. The number of nitrogens with one attached hydrogen (secondary N) is 4. The zero-order valence-electron chi connectivity index (χ0n) is 14.3. The molecule has 1 aliphatic rings. The van der Waals surface area contributed by atoms with Gasteiger partial charge in [-0.1, -0.05) is 11.6 Å². The lowest BCUT2D eigenvalue weighted by atomic mass is 10.1. The summed E-state index contributed by atoms with van der Waals surface area (Å²) in [5.74, 6) is -0.228. The van der Waals surface area contributed by atoms with Gasteiger partial charge in [-0.2, -0.15) is 0 Å². The number of anilines is 1. The molecule has 0 aliphatic carbocycles. The molecule has 0 radical (unpaired) electrons. The van der Waals surface area contributed by atoms with Crippen molar-refractivity contribution in [1.82, 2.24) is 16.0 Å². The molecule has 1 fully saturated rings. The molecule has 1 heterocycles. The van der Waals surface area contributed by atoms with Gasteiger partial charge in [-0.05, 0) is 58.4 Å². The Morgan fingerprint density at radius 3 is 2.67 bits per heavy atom. The van der Waals surface area contributed by atoms with Gasteiger partial charge in [0.2, 0.25) is 0 Å².